The maximum atomic E-state index is 12.3. The van der Waals surface area contributed by atoms with Gasteiger partial charge in [0.25, 0.3) is 0 Å². The van der Waals surface area contributed by atoms with E-state index in [1.165, 1.54) is 0 Å². The molecule has 0 radical (unpaired) electrons. The number of aryl methyl sites for hydroxylation is 3. The molecule has 1 N–H and O–H groups in total. The topological polar surface area (TPSA) is 59.8 Å². The molecule has 0 fully saturated rings. The second kappa shape index (κ2) is 6.85. The first-order chi connectivity index (χ1) is 10.0. The summed E-state index contributed by atoms with van der Waals surface area (Å²) in [4.78, 5) is 22.2. The maximum Gasteiger partial charge on any atom is 0.226 e. The van der Waals surface area contributed by atoms with E-state index >= 15 is 0 Å². The summed E-state index contributed by atoms with van der Waals surface area (Å²) >= 11 is 1.63. The largest absolute Gasteiger partial charge is 0.346 e. The Balaban J connectivity index is 2.05. The normalized spacial score (nSPS) is 12.4. The predicted molar refractivity (Wildman–Crippen MR) is 84.3 cm³/mol. The number of imidazole rings is 1. The Morgan fingerprint density at radius 1 is 1.48 bits per heavy atom. The van der Waals surface area contributed by atoms with E-state index in [9.17, 15) is 4.79 Å². The predicted octanol–water partition coefficient (Wildman–Crippen LogP) is 2.69. The number of nitrogens with zero attached hydrogens (tertiary/aromatic N) is 3. The summed E-state index contributed by atoms with van der Waals surface area (Å²) in [5.74, 6) is 0.904. The van der Waals surface area contributed by atoms with E-state index in [4.69, 9.17) is 0 Å². The van der Waals surface area contributed by atoms with Gasteiger partial charge >= 0.3 is 0 Å². The lowest BCUT2D eigenvalue weighted by atomic mass is 10.1. The highest BCUT2D eigenvalue weighted by Crippen LogP contribution is 2.19. The highest BCUT2D eigenvalue weighted by Gasteiger charge is 2.19. The van der Waals surface area contributed by atoms with E-state index in [2.05, 4.69) is 22.2 Å². The van der Waals surface area contributed by atoms with Gasteiger partial charge in [0.2, 0.25) is 5.91 Å². The van der Waals surface area contributed by atoms with E-state index in [-0.39, 0.29) is 11.9 Å². The summed E-state index contributed by atoms with van der Waals surface area (Å²) in [6.07, 6.45) is 5.87. The van der Waals surface area contributed by atoms with Crippen LogP contribution in [0.25, 0.3) is 0 Å². The lowest BCUT2D eigenvalue weighted by Crippen LogP contribution is -2.31. The summed E-state index contributed by atoms with van der Waals surface area (Å²) in [5, 5.41) is 4.09. The van der Waals surface area contributed by atoms with Gasteiger partial charge in [-0.1, -0.05) is 13.3 Å². The van der Waals surface area contributed by atoms with Crippen LogP contribution in [0.5, 0.6) is 0 Å². The fourth-order valence-electron chi connectivity index (χ4n) is 2.40. The van der Waals surface area contributed by atoms with Crippen LogP contribution in [0.4, 0.5) is 0 Å². The fourth-order valence-corrected chi connectivity index (χ4v) is 3.24. The first kappa shape index (κ1) is 15.7. The molecule has 0 aliphatic rings. The Morgan fingerprint density at radius 2 is 2.24 bits per heavy atom. The van der Waals surface area contributed by atoms with Gasteiger partial charge in [0, 0.05) is 24.3 Å². The molecule has 5 nitrogen and oxygen atoms in total. The van der Waals surface area contributed by atoms with Crippen LogP contribution in [0, 0.1) is 13.8 Å². The third-order valence-corrected chi connectivity index (χ3v) is 4.34. The number of hydrogen-bond donors (Lipinski definition) is 1. The van der Waals surface area contributed by atoms with Crippen LogP contribution >= 0.6 is 11.3 Å². The maximum absolute atomic E-state index is 12.3. The minimum atomic E-state index is -0.0393. The van der Waals surface area contributed by atoms with Gasteiger partial charge in [-0.15, -0.1) is 11.3 Å². The van der Waals surface area contributed by atoms with Crippen LogP contribution in [0.2, 0.25) is 0 Å². The standard InChI is InChI=1S/C15H22N4OS/c1-5-6-12(15-16-7-8-19(15)4)18-14(20)9-13-10(2)21-11(3)17-13/h7-8,12H,5-6,9H2,1-4H3,(H,18,20)/t12-/m0/s1. The van der Waals surface area contributed by atoms with E-state index < -0.39 is 0 Å². The van der Waals surface area contributed by atoms with Crippen molar-refractivity contribution in [3.8, 4) is 0 Å². The molecular formula is C15H22N4OS. The molecule has 0 saturated carbocycles. The van der Waals surface area contributed by atoms with E-state index in [1.54, 1.807) is 17.5 Å². The van der Waals surface area contributed by atoms with Crippen LogP contribution in [0.1, 0.15) is 47.2 Å². The second-order valence-electron chi connectivity index (χ2n) is 5.22. The lowest BCUT2D eigenvalue weighted by molar-refractivity contribution is -0.121. The molecule has 0 spiro atoms. The molecule has 1 atom stereocenters. The Labute approximate surface area is 129 Å². The van der Waals surface area contributed by atoms with Crippen molar-refractivity contribution in [1.29, 1.82) is 0 Å². The van der Waals surface area contributed by atoms with Crippen molar-refractivity contribution >= 4 is 17.2 Å². The Morgan fingerprint density at radius 3 is 2.76 bits per heavy atom. The highest BCUT2D eigenvalue weighted by molar-refractivity contribution is 7.11. The molecule has 0 aromatic carbocycles. The fraction of sp³-hybridized carbons (Fsp3) is 0.533. The number of thiazole rings is 1. The van der Waals surface area contributed by atoms with Crippen molar-refractivity contribution < 1.29 is 4.79 Å². The quantitative estimate of drug-likeness (QED) is 0.892. The molecule has 6 heteroatoms. The summed E-state index contributed by atoms with van der Waals surface area (Å²) in [6, 6.07) is -0.0393. The van der Waals surface area contributed by atoms with Gasteiger partial charge in [0.05, 0.1) is 23.2 Å². The van der Waals surface area contributed by atoms with Crippen molar-refractivity contribution in [2.24, 2.45) is 7.05 Å². The average Bonchev–Trinajstić information content (AvgIpc) is 2.95. The third-order valence-electron chi connectivity index (χ3n) is 3.41. The van der Waals surface area contributed by atoms with Crippen molar-refractivity contribution in [1.82, 2.24) is 19.9 Å². The van der Waals surface area contributed by atoms with Crippen molar-refractivity contribution in [2.45, 2.75) is 46.1 Å². The summed E-state index contributed by atoms with van der Waals surface area (Å²) in [5.41, 5.74) is 0.880. The number of carbonyl (C=O) groups is 1. The monoisotopic (exact) mass is 306 g/mol. The second-order valence-corrected chi connectivity index (χ2v) is 6.62. The number of rotatable bonds is 6. The molecule has 2 aromatic rings. The minimum Gasteiger partial charge on any atom is -0.346 e. The molecule has 1 amide bonds. The molecule has 2 aromatic heterocycles. The van der Waals surface area contributed by atoms with Crippen LogP contribution < -0.4 is 5.32 Å². The minimum absolute atomic E-state index is 0.00449. The van der Waals surface area contributed by atoms with Crippen LogP contribution in [-0.4, -0.2) is 20.4 Å². The van der Waals surface area contributed by atoms with Crippen molar-refractivity contribution in [2.75, 3.05) is 0 Å². The van der Waals surface area contributed by atoms with E-state index in [0.717, 1.165) is 34.2 Å². The first-order valence-corrected chi connectivity index (χ1v) is 8.02. The summed E-state index contributed by atoms with van der Waals surface area (Å²) in [7, 11) is 1.95. The van der Waals surface area contributed by atoms with E-state index in [0.29, 0.717) is 6.42 Å². The molecular weight excluding hydrogens is 284 g/mol. The molecule has 0 saturated heterocycles. The zero-order chi connectivity index (χ0) is 15.4. The van der Waals surface area contributed by atoms with Crippen LogP contribution in [-0.2, 0) is 18.3 Å². The van der Waals surface area contributed by atoms with Gasteiger partial charge in [0.1, 0.15) is 5.82 Å². The number of aromatic nitrogens is 3. The number of nitrogens with one attached hydrogen (secondary N) is 1. The average molecular weight is 306 g/mol. The number of carbonyl (C=O) groups excluding carboxylic acids is 1. The van der Waals surface area contributed by atoms with Gasteiger partial charge in [-0.2, -0.15) is 0 Å². The van der Waals surface area contributed by atoms with E-state index in [1.807, 2.05) is 31.7 Å². The van der Waals surface area contributed by atoms with Crippen molar-refractivity contribution in [3.05, 3.63) is 33.8 Å². The van der Waals surface area contributed by atoms with Gasteiger partial charge in [-0.3, -0.25) is 4.79 Å². The van der Waals surface area contributed by atoms with Gasteiger partial charge in [-0.05, 0) is 20.3 Å². The highest BCUT2D eigenvalue weighted by atomic mass is 32.1. The molecule has 21 heavy (non-hydrogen) atoms. The Bertz CT molecular complexity index is 617. The summed E-state index contributed by atoms with van der Waals surface area (Å²) < 4.78 is 1.96. The molecule has 0 aliphatic heterocycles. The molecule has 0 unspecified atom stereocenters. The smallest absolute Gasteiger partial charge is 0.226 e. The zero-order valence-electron chi connectivity index (χ0n) is 13.0. The zero-order valence-corrected chi connectivity index (χ0v) is 13.8. The van der Waals surface area contributed by atoms with Crippen molar-refractivity contribution in [3.63, 3.8) is 0 Å². The Hall–Kier alpha value is -1.69. The van der Waals surface area contributed by atoms with Crippen LogP contribution in [0.3, 0.4) is 0 Å². The molecule has 0 bridgehead atoms. The molecule has 2 rings (SSSR count). The molecule has 0 aliphatic carbocycles. The summed E-state index contributed by atoms with van der Waals surface area (Å²) in [6.45, 7) is 6.08. The Kier molecular flexibility index (Phi) is 5.12. The van der Waals surface area contributed by atoms with Gasteiger partial charge in [-0.25, -0.2) is 9.97 Å². The van der Waals surface area contributed by atoms with Gasteiger partial charge in [0.15, 0.2) is 0 Å². The molecule has 2 heterocycles. The number of hydrogen-bond acceptors (Lipinski definition) is 4. The SMILES string of the molecule is CCC[C@H](NC(=O)Cc1nc(C)sc1C)c1nccn1C. The number of amides is 1. The van der Waals surface area contributed by atoms with Gasteiger partial charge < -0.3 is 9.88 Å². The first-order valence-electron chi connectivity index (χ1n) is 7.20. The molecule has 114 valence electrons. The lowest BCUT2D eigenvalue weighted by Gasteiger charge is -2.17. The third kappa shape index (κ3) is 3.91. The van der Waals surface area contributed by atoms with Crippen LogP contribution in [0.15, 0.2) is 12.4 Å².